The largest absolute Gasteiger partial charge is 0.426 e. The topological polar surface area (TPSA) is 49.9 Å². The van der Waals surface area contributed by atoms with Crippen molar-refractivity contribution in [1.82, 2.24) is 9.80 Å². The summed E-state index contributed by atoms with van der Waals surface area (Å²) in [5, 5.41) is 0.927. The van der Waals surface area contributed by atoms with E-state index in [0.29, 0.717) is 22.2 Å². The maximum absolute atomic E-state index is 13.4. The van der Waals surface area contributed by atoms with Gasteiger partial charge in [-0.05, 0) is 68.1 Å². The van der Waals surface area contributed by atoms with Gasteiger partial charge in [-0.1, -0.05) is 48.3 Å². The molecule has 0 N–H and O–H groups in total. The Balaban J connectivity index is 1.66. The van der Waals surface area contributed by atoms with Crippen LogP contribution in [0.3, 0.4) is 0 Å². The Morgan fingerprint density at radius 1 is 1.12 bits per heavy atom. The number of esters is 1. The lowest BCUT2D eigenvalue weighted by Crippen LogP contribution is -2.48. The molecule has 0 aromatic heterocycles. The highest BCUT2D eigenvalue weighted by molar-refractivity contribution is 6.42. The van der Waals surface area contributed by atoms with Gasteiger partial charge in [-0.15, -0.1) is 0 Å². The van der Waals surface area contributed by atoms with E-state index in [1.165, 1.54) is 12.8 Å². The van der Waals surface area contributed by atoms with Crippen molar-refractivity contribution in [1.29, 1.82) is 0 Å². The standard InChI is InChI=1S/C26H30Cl2N2O3/c1-3-25(32)33-23-8-6-7-19-18(23)10-12-22(30-13-4-5-14-30)26(19)29(2)24(31)16-17-9-11-20(27)21(28)15-17/h6-9,11,15,22,26H,3-5,10,12-14,16H2,1-2H3/t22-,26-/m1/s1. The van der Waals surface area contributed by atoms with Gasteiger partial charge in [-0.25, -0.2) is 0 Å². The number of hydrogen-bond acceptors (Lipinski definition) is 4. The van der Waals surface area contributed by atoms with Crippen LogP contribution < -0.4 is 4.74 Å². The van der Waals surface area contributed by atoms with Crippen molar-refractivity contribution in [2.75, 3.05) is 20.1 Å². The monoisotopic (exact) mass is 488 g/mol. The van der Waals surface area contributed by atoms with Gasteiger partial charge in [0.25, 0.3) is 0 Å². The zero-order valence-electron chi connectivity index (χ0n) is 19.2. The van der Waals surface area contributed by atoms with Crippen LogP contribution in [0.2, 0.25) is 10.0 Å². The summed E-state index contributed by atoms with van der Waals surface area (Å²) in [5.41, 5.74) is 2.94. The molecule has 2 aliphatic rings. The molecule has 1 aliphatic carbocycles. The summed E-state index contributed by atoms with van der Waals surface area (Å²) in [5.74, 6) is 0.395. The molecule has 2 atom stereocenters. The zero-order chi connectivity index (χ0) is 23.5. The Labute approximate surface area is 205 Å². The third-order valence-corrected chi connectivity index (χ3v) is 7.55. The number of likely N-dealkylation sites (tertiary alicyclic amines) is 1. The Morgan fingerprint density at radius 3 is 2.58 bits per heavy atom. The lowest BCUT2D eigenvalue weighted by Gasteiger charge is -2.44. The number of fused-ring (bicyclic) bond motifs is 1. The molecule has 1 saturated heterocycles. The molecular formula is C26H30Cl2N2O3. The first kappa shape index (κ1) is 24.1. The molecule has 2 aromatic rings. The highest BCUT2D eigenvalue weighted by Gasteiger charge is 2.39. The summed E-state index contributed by atoms with van der Waals surface area (Å²) >= 11 is 12.2. The van der Waals surface area contributed by atoms with Gasteiger partial charge < -0.3 is 9.64 Å². The maximum atomic E-state index is 13.4. The van der Waals surface area contributed by atoms with Crippen molar-refractivity contribution >= 4 is 35.1 Å². The van der Waals surface area contributed by atoms with Crippen molar-refractivity contribution in [3.05, 3.63) is 63.1 Å². The number of carbonyl (C=O) groups is 2. The van der Waals surface area contributed by atoms with Crippen LogP contribution >= 0.6 is 23.2 Å². The van der Waals surface area contributed by atoms with Crippen molar-refractivity contribution < 1.29 is 14.3 Å². The summed E-state index contributed by atoms with van der Waals surface area (Å²) in [4.78, 5) is 29.8. The minimum Gasteiger partial charge on any atom is -0.426 e. The zero-order valence-corrected chi connectivity index (χ0v) is 20.7. The Bertz CT molecular complexity index is 1040. The maximum Gasteiger partial charge on any atom is 0.310 e. The Kier molecular flexibility index (Phi) is 7.62. The van der Waals surface area contributed by atoms with Crippen LogP contribution in [0.5, 0.6) is 5.75 Å². The summed E-state index contributed by atoms with van der Waals surface area (Å²) in [7, 11) is 1.88. The molecule has 1 aliphatic heterocycles. The number of rotatable bonds is 6. The second kappa shape index (κ2) is 10.5. The normalized spacial score (nSPS) is 20.4. The molecule has 0 unspecified atom stereocenters. The number of ether oxygens (including phenoxy) is 1. The third kappa shape index (κ3) is 5.21. The first-order chi connectivity index (χ1) is 15.9. The second-order valence-corrected chi connectivity index (χ2v) is 9.69. The van der Waals surface area contributed by atoms with Gasteiger partial charge in [0.05, 0.1) is 22.5 Å². The molecule has 0 bridgehead atoms. The van der Waals surface area contributed by atoms with Gasteiger partial charge in [0, 0.05) is 25.1 Å². The fourth-order valence-corrected chi connectivity index (χ4v) is 5.42. The van der Waals surface area contributed by atoms with Crippen molar-refractivity contribution in [2.45, 2.75) is 57.5 Å². The number of likely N-dealkylation sites (N-methyl/N-ethyl adjacent to an activating group) is 1. The lowest BCUT2D eigenvalue weighted by molar-refractivity contribution is -0.135. The molecule has 0 radical (unpaired) electrons. The van der Waals surface area contributed by atoms with Gasteiger partial charge in [-0.3, -0.25) is 14.5 Å². The smallest absolute Gasteiger partial charge is 0.310 e. The van der Waals surface area contributed by atoms with Crippen LogP contribution in [0.25, 0.3) is 0 Å². The van der Waals surface area contributed by atoms with Gasteiger partial charge in [0.2, 0.25) is 5.91 Å². The number of benzene rings is 2. The predicted molar refractivity (Wildman–Crippen MR) is 131 cm³/mol. The van der Waals surface area contributed by atoms with E-state index in [9.17, 15) is 9.59 Å². The molecular weight excluding hydrogens is 459 g/mol. The first-order valence-corrected chi connectivity index (χ1v) is 12.4. The number of nitrogens with zero attached hydrogens (tertiary/aromatic N) is 2. The molecule has 0 spiro atoms. The average molecular weight is 489 g/mol. The molecule has 1 fully saturated rings. The highest BCUT2D eigenvalue weighted by atomic mass is 35.5. The second-order valence-electron chi connectivity index (χ2n) is 8.88. The van der Waals surface area contributed by atoms with Crippen molar-refractivity contribution in [2.24, 2.45) is 0 Å². The van der Waals surface area contributed by atoms with E-state index in [4.69, 9.17) is 27.9 Å². The molecule has 4 rings (SSSR count). The summed E-state index contributed by atoms with van der Waals surface area (Å²) in [6.45, 7) is 3.89. The minimum absolute atomic E-state index is 0.0198. The van der Waals surface area contributed by atoms with Crippen LogP contribution in [0.1, 0.15) is 55.3 Å². The summed E-state index contributed by atoms with van der Waals surface area (Å²) in [6, 6.07) is 11.3. The number of amides is 1. The van der Waals surface area contributed by atoms with E-state index in [0.717, 1.165) is 42.6 Å². The molecule has 1 heterocycles. The van der Waals surface area contributed by atoms with E-state index in [1.807, 2.05) is 30.1 Å². The van der Waals surface area contributed by atoms with Gasteiger partial charge >= 0.3 is 5.97 Å². The quantitative estimate of drug-likeness (QED) is 0.399. The van der Waals surface area contributed by atoms with E-state index in [-0.39, 0.29) is 30.4 Å². The number of halogens is 2. The third-order valence-electron chi connectivity index (χ3n) is 6.81. The van der Waals surface area contributed by atoms with E-state index >= 15 is 0 Å². The van der Waals surface area contributed by atoms with Gasteiger partial charge in [0.15, 0.2) is 0 Å². The highest BCUT2D eigenvalue weighted by Crippen LogP contribution is 2.41. The molecule has 0 saturated carbocycles. The number of carbonyl (C=O) groups excluding carboxylic acids is 2. The Morgan fingerprint density at radius 2 is 1.88 bits per heavy atom. The van der Waals surface area contributed by atoms with E-state index in [1.54, 1.807) is 19.1 Å². The molecule has 176 valence electrons. The fourth-order valence-electron chi connectivity index (χ4n) is 5.10. The van der Waals surface area contributed by atoms with Gasteiger partial charge in [0.1, 0.15) is 5.75 Å². The first-order valence-electron chi connectivity index (χ1n) is 11.6. The van der Waals surface area contributed by atoms with Crippen LogP contribution in [-0.2, 0) is 22.4 Å². The van der Waals surface area contributed by atoms with E-state index in [2.05, 4.69) is 11.0 Å². The van der Waals surface area contributed by atoms with Crippen LogP contribution in [0.15, 0.2) is 36.4 Å². The van der Waals surface area contributed by atoms with Gasteiger partial charge in [-0.2, -0.15) is 0 Å². The number of hydrogen-bond donors (Lipinski definition) is 0. The summed E-state index contributed by atoms with van der Waals surface area (Å²) < 4.78 is 5.65. The molecule has 2 aromatic carbocycles. The minimum atomic E-state index is -0.245. The Hall–Kier alpha value is -2.08. The summed E-state index contributed by atoms with van der Waals surface area (Å²) in [6.07, 6.45) is 4.69. The average Bonchev–Trinajstić information content (AvgIpc) is 3.35. The van der Waals surface area contributed by atoms with Crippen LogP contribution in [0.4, 0.5) is 0 Å². The van der Waals surface area contributed by atoms with Crippen LogP contribution in [-0.4, -0.2) is 47.9 Å². The van der Waals surface area contributed by atoms with Crippen molar-refractivity contribution in [3.8, 4) is 5.75 Å². The predicted octanol–water partition coefficient (Wildman–Crippen LogP) is 5.46. The fraction of sp³-hybridized carbons (Fsp3) is 0.462. The molecule has 1 amide bonds. The molecule has 33 heavy (non-hydrogen) atoms. The van der Waals surface area contributed by atoms with Crippen molar-refractivity contribution in [3.63, 3.8) is 0 Å². The molecule has 5 nitrogen and oxygen atoms in total. The molecule has 7 heteroatoms. The van der Waals surface area contributed by atoms with E-state index < -0.39 is 0 Å². The van der Waals surface area contributed by atoms with Crippen LogP contribution in [0, 0.1) is 0 Å². The SMILES string of the molecule is CCC(=O)Oc1cccc2c1CC[C@@H](N1CCCC1)[C@@H]2N(C)C(=O)Cc1ccc(Cl)c(Cl)c1. The lowest BCUT2D eigenvalue weighted by atomic mass is 9.81.